The molecule has 1 aliphatic rings. The Bertz CT molecular complexity index is 1170. The van der Waals surface area contributed by atoms with Gasteiger partial charge in [0.1, 0.15) is 17.1 Å². The van der Waals surface area contributed by atoms with Crippen LogP contribution in [0.3, 0.4) is 0 Å². The summed E-state index contributed by atoms with van der Waals surface area (Å²) in [7, 11) is 0. The zero-order valence-electron chi connectivity index (χ0n) is 16.2. The van der Waals surface area contributed by atoms with Crippen LogP contribution in [0.25, 0.3) is 16.6 Å². The summed E-state index contributed by atoms with van der Waals surface area (Å²) < 4.78 is 42.8. The molecule has 1 N–H and O–H groups in total. The number of hydrogen-bond donors (Lipinski definition) is 1. The number of aromatic nitrogens is 3. The van der Waals surface area contributed by atoms with Gasteiger partial charge < -0.3 is 5.32 Å². The maximum atomic E-state index is 13.5. The number of para-hydroxylation sites is 2. The second kappa shape index (κ2) is 6.33. The first-order chi connectivity index (χ1) is 13.5. The van der Waals surface area contributed by atoms with Crippen molar-refractivity contribution >= 4 is 22.5 Å². The van der Waals surface area contributed by atoms with Gasteiger partial charge in [-0.05, 0) is 51.7 Å². The SMILES string of the molecule is CC(C)(C)NC(=O)C(C1CC1)n1c(=O)c2c(C(F)(F)F)cnn2c2ccccc21. The number of rotatable bonds is 3. The van der Waals surface area contributed by atoms with E-state index in [0.717, 1.165) is 17.4 Å². The molecule has 0 spiro atoms. The molecule has 6 nitrogen and oxygen atoms in total. The summed E-state index contributed by atoms with van der Waals surface area (Å²) in [5.41, 5.74) is -2.36. The summed E-state index contributed by atoms with van der Waals surface area (Å²) in [5, 5.41) is 6.70. The van der Waals surface area contributed by atoms with Crippen LogP contribution in [-0.4, -0.2) is 25.6 Å². The average Bonchev–Trinajstić information content (AvgIpc) is 3.31. The van der Waals surface area contributed by atoms with Gasteiger partial charge in [-0.1, -0.05) is 12.1 Å². The molecule has 0 radical (unpaired) electrons. The van der Waals surface area contributed by atoms with Gasteiger partial charge in [-0.15, -0.1) is 0 Å². The van der Waals surface area contributed by atoms with E-state index in [1.165, 1.54) is 4.57 Å². The molecule has 154 valence electrons. The fraction of sp³-hybridized carbons (Fsp3) is 0.450. The minimum atomic E-state index is -4.73. The van der Waals surface area contributed by atoms with E-state index < -0.39 is 34.4 Å². The van der Waals surface area contributed by atoms with Crippen molar-refractivity contribution in [3.8, 4) is 0 Å². The Morgan fingerprint density at radius 3 is 2.34 bits per heavy atom. The lowest BCUT2D eigenvalue weighted by Gasteiger charge is -2.27. The second-order valence-corrected chi connectivity index (χ2v) is 8.50. The van der Waals surface area contributed by atoms with Gasteiger partial charge in [0.2, 0.25) is 5.91 Å². The Labute approximate surface area is 164 Å². The van der Waals surface area contributed by atoms with Crippen LogP contribution in [0, 0.1) is 5.92 Å². The fourth-order valence-electron chi connectivity index (χ4n) is 3.69. The van der Waals surface area contributed by atoms with Crippen molar-refractivity contribution in [1.29, 1.82) is 0 Å². The van der Waals surface area contributed by atoms with Crippen LogP contribution < -0.4 is 10.9 Å². The molecule has 3 aromatic rings. The minimum Gasteiger partial charge on any atom is -0.350 e. The number of nitrogens with one attached hydrogen (secondary N) is 1. The van der Waals surface area contributed by atoms with Crippen LogP contribution in [-0.2, 0) is 11.0 Å². The van der Waals surface area contributed by atoms with Crippen LogP contribution in [0.4, 0.5) is 13.2 Å². The van der Waals surface area contributed by atoms with Crippen molar-refractivity contribution in [3.05, 3.63) is 46.4 Å². The maximum Gasteiger partial charge on any atom is 0.420 e. The molecule has 1 aromatic carbocycles. The van der Waals surface area contributed by atoms with Crippen molar-refractivity contribution in [1.82, 2.24) is 19.5 Å². The lowest BCUT2D eigenvalue weighted by Crippen LogP contribution is -2.47. The van der Waals surface area contributed by atoms with Crippen LogP contribution in [0.5, 0.6) is 0 Å². The largest absolute Gasteiger partial charge is 0.420 e. The van der Waals surface area contributed by atoms with E-state index in [-0.39, 0.29) is 11.8 Å². The summed E-state index contributed by atoms with van der Waals surface area (Å²) in [6, 6.07) is 5.69. The molecule has 1 saturated carbocycles. The first-order valence-electron chi connectivity index (χ1n) is 9.39. The van der Waals surface area contributed by atoms with Crippen LogP contribution >= 0.6 is 0 Å². The standard InChI is InChI=1S/C20H21F3N4O2/c1-19(2,3)25-17(28)15(11-8-9-11)26-13-6-4-5-7-14(13)27-16(18(26)29)12(10-24-27)20(21,22)23/h4-7,10-11,15H,8-9H2,1-3H3,(H,25,28). The monoisotopic (exact) mass is 406 g/mol. The van der Waals surface area contributed by atoms with Gasteiger partial charge >= 0.3 is 6.18 Å². The third-order valence-corrected chi connectivity index (χ3v) is 4.98. The number of fused-ring (bicyclic) bond motifs is 3. The summed E-state index contributed by atoms with van der Waals surface area (Å²) >= 11 is 0. The molecular weight excluding hydrogens is 385 g/mol. The van der Waals surface area contributed by atoms with E-state index in [4.69, 9.17) is 0 Å². The quantitative estimate of drug-likeness (QED) is 0.724. The number of alkyl halides is 3. The number of carbonyl (C=O) groups is 1. The molecule has 4 rings (SSSR count). The second-order valence-electron chi connectivity index (χ2n) is 8.50. The van der Waals surface area contributed by atoms with Crippen molar-refractivity contribution in [2.24, 2.45) is 5.92 Å². The molecule has 2 aromatic heterocycles. The van der Waals surface area contributed by atoms with E-state index in [1.54, 1.807) is 24.3 Å². The lowest BCUT2D eigenvalue weighted by atomic mass is 10.1. The summed E-state index contributed by atoms with van der Waals surface area (Å²) in [6.07, 6.45) is -2.60. The van der Waals surface area contributed by atoms with E-state index in [2.05, 4.69) is 10.4 Å². The number of nitrogens with zero attached hydrogens (tertiary/aromatic N) is 3. The predicted molar refractivity (Wildman–Crippen MR) is 102 cm³/mol. The number of carbonyl (C=O) groups excluding carboxylic acids is 1. The van der Waals surface area contributed by atoms with Gasteiger partial charge in [-0.25, -0.2) is 4.52 Å². The maximum absolute atomic E-state index is 13.5. The Morgan fingerprint density at radius 1 is 1.17 bits per heavy atom. The van der Waals surface area contributed by atoms with E-state index in [9.17, 15) is 22.8 Å². The van der Waals surface area contributed by atoms with Crippen molar-refractivity contribution in [2.75, 3.05) is 0 Å². The van der Waals surface area contributed by atoms with Gasteiger partial charge in [0.05, 0.1) is 17.2 Å². The Hall–Kier alpha value is -2.84. The predicted octanol–water partition coefficient (Wildman–Crippen LogP) is 3.53. The zero-order chi connectivity index (χ0) is 21.1. The topological polar surface area (TPSA) is 68.4 Å². The van der Waals surface area contributed by atoms with Crippen LogP contribution in [0.15, 0.2) is 35.3 Å². The Balaban J connectivity index is 2.05. The summed E-state index contributed by atoms with van der Waals surface area (Å²) in [6.45, 7) is 5.45. The van der Waals surface area contributed by atoms with Crippen molar-refractivity contribution in [3.63, 3.8) is 0 Å². The van der Waals surface area contributed by atoms with E-state index in [0.29, 0.717) is 17.2 Å². The number of amides is 1. The molecule has 0 aliphatic heterocycles. The highest BCUT2D eigenvalue weighted by molar-refractivity contribution is 5.86. The molecule has 1 amide bonds. The van der Waals surface area contributed by atoms with Crippen LogP contribution in [0.2, 0.25) is 0 Å². The first-order valence-corrected chi connectivity index (χ1v) is 9.39. The highest BCUT2D eigenvalue weighted by atomic mass is 19.4. The summed E-state index contributed by atoms with van der Waals surface area (Å²) in [4.78, 5) is 26.4. The van der Waals surface area contributed by atoms with Gasteiger partial charge in [-0.3, -0.25) is 14.2 Å². The van der Waals surface area contributed by atoms with Gasteiger partial charge in [0.15, 0.2) is 0 Å². The third-order valence-electron chi connectivity index (χ3n) is 4.98. The molecule has 1 aliphatic carbocycles. The zero-order valence-corrected chi connectivity index (χ0v) is 16.2. The van der Waals surface area contributed by atoms with E-state index in [1.807, 2.05) is 20.8 Å². The number of halogens is 3. The number of benzene rings is 1. The third kappa shape index (κ3) is 3.38. The summed E-state index contributed by atoms with van der Waals surface area (Å²) in [5.74, 6) is -0.470. The fourth-order valence-corrected chi connectivity index (χ4v) is 3.69. The molecule has 29 heavy (non-hydrogen) atoms. The molecule has 1 atom stereocenters. The minimum absolute atomic E-state index is 0.0989. The molecular formula is C20H21F3N4O2. The molecule has 0 bridgehead atoms. The molecule has 1 fully saturated rings. The lowest BCUT2D eigenvalue weighted by molar-refractivity contribution is -0.136. The molecule has 9 heteroatoms. The number of hydrogen-bond acceptors (Lipinski definition) is 3. The Kier molecular flexibility index (Phi) is 4.25. The Morgan fingerprint density at radius 2 is 1.79 bits per heavy atom. The van der Waals surface area contributed by atoms with Crippen molar-refractivity contribution < 1.29 is 18.0 Å². The van der Waals surface area contributed by atoms with Crippen LogP contribution in [0.1, 0.15) is 45.2 Å². The molecule has 1 unspecified atom stereocenters. The van der Waals surface area contributed by atoms with Gasteiger partial charge in [-0.2, -0.15) is 18.3 Å². The highest BCUT2D eigenvalue weighted by Crippen LogP contribution is 2.41. The highest BCUT2D eigenvalue weighted by Gasteiger charge is 2.42. The average molecular weight is 406 g/mol. The normalized spacial score (nSPS) is 16.3. The molecule has 2 heterocycles. The van der Waals surface area contributed by atoms with Gasteiger partial charge in [0.25, 0.3) is 5.56 Å². The smallest absolute Gasteiger partial charge is 0.350 e. The molecule has 0 saturated heterocycles. The first kappa shape index (κ1) is 19.5. The van der Waals surface area contributed by atoms with E-state index >= 15 is 0 Å². The van der Waals surface area contributed by atoms with Crippen molar-refractivity contribution in [2.45, 2.75) is 51.4 Å². The van der Waals surface area contributed by atoms with Gasteiger partial charge in [0, 0.05) is 5.54 Å².